The number of amides is 4. The van der Waals surface area contributed by atoms with Crippen molar-refractivity contribution >= 4 is 41.5 Å². The van der Waals surface area contributed by atoms with Crippen molar-refractivity contribution in [1.82, 2.24) is 20.9 Å². The second kappa shape index (κ2) is 22.6. The largest absolute Gasteiger partial charge is 0.460 e. The molecule has 2 fully saturated rings. The van der Waals surface area contributed by atoms with Crippen LogP contribution in [0.25, 0.3) is 0 Å². The van der Waals surface area contributed by atoms with Gasteiger partial charge < -0.3 is 39.9 Å². The minimum Gasteiger partial charge on any atom is -0.460 e. The third kappa shape index (κ3) is 14.3. The molecule has 2 aliphatic rings. The fourth-order valence-electron chi connectivity index (χ4n) is 6.65. The van der Waals surface area contributed by atoms with Crippen LogP contribution in [0.5, 0.6) is 0 Å². The molecule has 2 aromatic rings. The first-order valence-corrected chi connectivity index (χ1v) is 20.4. The van der Waals surface area contributed by atoms with E-state index in [0.29, 0.717) is 38.3 Å². The lowest BCUT2D eigenvalue weighted by Crippen LogP contribution is -2.60. The number of ether oxygens (including phenoxy) is 3. The van der Waals surface area contributed by atoms with E-state index in [1.807, 2.05) is 30.3 Å². The average molecular weight is 800 g/mol. The molecule has 0 bridgehead atoms. The van der Waals surface area contributed by atoms with Gasteiger partial charge in [-0.1, -0.05) is 74.6 Å². The van der Waals surface area contributed by atoms with Gasteiger partial charge in [-0.15, -0.1) is 10.1 Å². The van der Waals surface area contributed by atoms with Crippen molar-refractivity contribution in [2.75, 3.05) is 38.3 Å². The molecule has 0 radical (unpaired) electrons. The Kier molecular flexibility index (Phi) is 17.7. The molecule has 0 aromatic heterocycles. The summed E-state index contributed by atoms with van der Waals surface area (Å²) in [5, 5.41) is 18.3. The zero-order valence-corrected chi connectivity index (χ0v) is 33.0. The van der Waals surface area contributed by atoms with E-state index >= 15 is 0 Å². The Labute approximate surface area is 331 Å². The second-order valence-corrected chi connectivity index (χ2v) is 15.1. The molecule has 1 aliphatic heterocycles. The van der Waals surface area contributed by atoms with Crippen molar-refractivity contribution in [2.45, 2.75) is 95.7 Å². The summed E-state index contributed by atoms with van der Waals surface area (Å²) >= 11 is 1.32. The molecule has 306 valence electrons. The number of nitrogens with zero attached hydrogens (tertiary/aromatic N) is 2. The number of benzene rings is 2. The Bertz CT molecular complexity index is 1600. The van der Waals surface area contributed by atoms with Crippen LogP contribution >= 0.6 is 11.8 Å². The zero-order chi connectivity index (χ0) is 40.5. The Hall–Kier alpha value is -4.90. The van der Waals surface area contributed by atoms with E-state index in [0.717, 1.165) is 37.7 Å². The number of urea groups is 1. The van der Waals surface area contributed by atoms with Crippen LogP contribution in [0.1, 0.15) is 73.9 Å². The topological polar surface area (TPSA) is 205 Å². The zero-order valence-electron chi connectivity index (χ0n) is 32.1. The van der Waals surface area contributed by atoms with Gasteiger partial charge in [-0.05, 0) is 55.7 Å². The maximum Gasteiger partial charge on any atom is 0.349 e. The molecule has 3 N–H and O–H groups in total. The van der Waals surface area contributed by atoms with Gasteiger partial charge in [-0.3, -0.25) is 9.59 Å². The number of carbonyl (C=O) groups excluding carboxylic acids is 5. The van der Waals surface area contributed by atoms with Crippen LogP contribution in [-0.2, 0) is 46.5 Å². The molecular formula is C39H53N5O11S. The summed E-state index contributed by atoms with van der Waals surface area (Å²) in [7, 11) is 0. The van der Waals surface area contributed by atoms with Gasteiger partial charge in [0.25, 0.3) is 5.09 Å². The SMILES string of the molecule is CSC[C@H](NC(=O)[C@H](Cc1ccccc1)NC(=O)N1CCOCC1)C(=O)N[C@@H](CC1CCCCC1)[C@H](OC(=O)c1ccc(CO[N+](=O)[O-])cc1)C(=O)OC(C)C. The number of hydrogen-bond donors (Lipinski definition) is 3. The highest BCUT2D eigenvalue weighted by Crippen LogP contribution is 2.29. The normalized spacial score (nSPS) is 16.8. The van der Waals surface area contributed by atoms with E-state index in [1.165, 1.54) is 36.0 Å². The fraction of sp³-hybridized carbons (Fsp3) is 0.564. The van der Waals surface area contributed by atoms with Crippen LogP contribution in [-0.4, -0.2) is 108 Å². The Morgan fingerprint density at radius 2 is 1.54 bits per heavy atom. The quantitative estimate of drug-likeness (QED) is 0.105. The summed E-state index contributed by atoms with van der Waals surface area (Å²) in [6.07, 6.45) is 4.88. The maximum atomic E-state index is 14.2. The molecule has 2 aromatic carbocycles. The van der Waals surface area contributed by atoms with Gasteiger partial charge in [0.1, 0.15) is 18.7 Å². The Balaban J connectivity index is 1.57. The Morgan fingerprint density at radius 1 is 0.875 bits per heavy atom. The van der Waals surface area contributed by atoms with E-state index in [4.69, 9.17) is 14.2 Å². The third-order valence-corrected chi connectivity index (χ3v) is 10.2. The summed E-state index contributed by atoms with van der Waals surface area (Å²) in [4.78, 5) is 85.2. The van der Waals surface area contributed by atoms with Crippen molar-refractivity contribution in [3.8, 4) is 0 Å². The predicted octanol–water partition coefficient (Wildman–Crippen LogP) is 3.83. The van der Waals surface area contributed by atoms with Crippen molar-refractivity contribution < 1.29 is 48.1 Å². The van der Waals surface area contributed by atoms with E-state index in [1.54, 1.807) is 25.0 Å². The number of morpholine rings is 1. The molecule has 4 rings (SSSR count). The van der Waals surface area contributed by atoms with Gasteiger partial charge in [-0.25, -0.2) is 14.4 Å². The molecule has 4 amide bonds. The maximum absolute atomic E-state index is 14.2. The number of hydrogen-bond acceptors (Lipinski definition) is 12. The predicted molar refractivity (Wildman–Crippen MR) is 207 cm³/mol. The van der Waals surface area contributed by atoms with Gasteiger partial charge >= 0.3 is 18.0 Å². The van der Waals surface area contributed by atoms with Gasteiger partial charge in [0.2, 0.25) is 17.9 Å². The van der Waals surface area contributed by atoms with Crippen molar-refractivity contribution in [2.24, 2.45) is 5.92 Å². The molecule has 56 heavy (non-hydrogen) atoms. The van der Waals surface area contributed by atoms with E-state index in [-0.39, 0.29) is 30.3 Å². The Morgan fingerprint density at radius 3 is 2.16 bits per heavy atom. The lowest BCUT2D eigenvalue weighted by molar-refractivity contribution is -0.763. The molecule has 1 heterocycles. The molecular weight excluding hydrogens is 747 g/mol. The van der Waals surface area contributed by atoms with Crippen LogP contribution in [0.2, 0.25) is 0 Å². The van der Waals surface area contributed by atoms with Crippen molar-refractivity contribution in [1.29, 1.82) is 0 Å². The average Bonchev–Trinajstić information content (AvgIpc) is 3.19. The molecule has 4 atom stereocenters. The van der Waals surface area contributed by atoms with Crippen LogP contribution < -0.4 is 16.0 Å². The summed E-state index contributed by atoms with van der Waals surface area (Å²) in [5.74, 6) is -2.60. The highest BCUT2D eigenvalue weighted by molar-refractivity contribution is 7.98. The third-order valence-electron chi connectivity index (χ3n) is 9.51. The number of esters is 2. The first-order chi connectivity index (χ1) is 26.9. The monoisotopic (exact) mass is 799 g/mol. The summed E-state index contributed by atoms with van der Waals surface area (Å²) in [6, 6.07) is 11.4. The number of rotatable bonds is 19. The molecule has 1 aliphatic carbocycles. The van der Waals surface area contributed by atoms with E-state index < -0.39 is 65.2 Å². The standard InChI is InChI=1S/C39H53N5O11S/c1-26(2)54-38(48)34(55-37(47)30-16-14-29(15-17-30)24-53-44(50)51)31(22-27-10-6-4-7-11-27)40-36(46)33(25-56-3)41-35(45)32(23-28-12-8-5-9-13-28)42-39(49)43-18-20-52-21-19-43/h5,8-9,12-17,26-27,31-34H,4,6-7,10-11,18-25H2,1-3H3,(H,40,46)(H,41,45)(H,42,49)/t31-,32-,33-,34-/m0/s1. The molecule has 0 spiro atoms. The first kappa shape index (κ1) is 43.8. The second-order valence-electron chi connectivity index (χ2n) is 14.2. The van der Waals surface area contributed by atoms with Crippen molar-refractivity contribution in [3.63, 3.8) is 0 Å². The molecule has 1 saturated carbocycles. The number of thioether (sulfide) groups is 1. The van der Waals surface area contributed by atoms with Crippen LogP contribution in [0, 0.1) is 16.0 Å². The van der Waals surface area contributed by atoms with E-state index in [2.05, 4.69) is 20.8 Å². The van der Waals surface area contributed by atoms with Crippen LogP contribution in [0.4, 0.5) is 4.79 Å². The molecule has 17 heteroatoms. The fourth-order valence-corrected chi connectivity index (χ4v) is 7.22. The summed E-state index contributed by atoms with van der Waals surface area (Å²) in [6.45, 7) is 4.52. The molecule has 1 saturated heterocycles. The van der Waals surface area contributed by atoms with Crippen LogP contribution in [0.3, 0.4) is 0 Å². The lowest BCUT2D eigenvalue weighted by atomic mass is 9.83. The lowest BCUT2D eigenvalue weighted by Gasteiger charge is -2.33. The minimum atomic E-state index is -1.54. The smallest absolute Gasteiger partial charge is 0.349 e. The van der Waals surface area contributed by atoms with Crippen molar-refractivity contribution in [3.05, 3.63) is 81.4 Å². The summed E-state index contributed by atoms with van der Waals surface area (Å²) in [5.41, 5.74) is 1.31. The number of carbonyl (C=O) groups is 5. The van der Waals surface area contributed by atoms with E-state index in [9.17, 15) is 34.1 Å². The minimum absolute atomic E-state index is 0.0658. The highest BCUT2D eigenvalue weighted by Gasteiger charge is 2.39. The highest BCUT2D eigenvalue weighted by atomic mass is 32.2. The van der Waals surface area contributed by atoms with Gasteiger partial charge in [-0.2, -0.15) is 11.8 Å². The number of nitrogens with one attached hydrogen (secondary N) is 3. The van der Waals surface area contributed by atoms with Gasteiger partial charge in [0.15, 0.2) is 0 Å². The van der Waals surface area contributed by atoms with Gasteiger partial charge in [0, 0.05) is 25.3 Å². The molecule has 16 nitrogen and oxygen atoms in total. The van der Waals surface area contributed by atoms with Crippen LogP contribution in [0.15, 0.2) is 54.6 Å². The first-order valence-electron chi connectivity index (χ1n) is 19.0. The molecule has 0 unspecified atom stereocenters. The van der Waals surface area contributed by atoms with Gasteiger partial charge in [0.05, 0.1) is 30.9 Å². The summed E-state index contributed by atoms with van der Waals surface area (Å²) < 4.78 is 16.8.